The maximum atomic E-state index is 12.8. The van der Waals surface area contributed by atoms with Gasteiger partial charge < -0.3 is 10.6 Å². The fraction of sp³-hybridized carbons (Fsp3) is 0.706. The SMILES string of the molecule is CC1CCN(S(=O)(=O)c2ccc(C(=O)N3CCC(C)(CN)C3)s2)CC1.Cl. The Balaban J connectivity index is 0.00000243. The molecule has 0 aliphatic carbocycles. The molecule has 6 nitrogen and oxygen atoms in total. The van der Waals surface area contributed by atoms with Crippen LogP contribution in [0.1, 0.15) is 42.8 Å². The molecular formula is C17H28ClN3O3S2. The van der Waals surface area contributed by atoms with Gasteiger partial charge in [-0.3, -0.25) is 4.79 Å². The van der Waals surface area contributed by atoms with Crippen molar-refractivity contribution in [1.82, 2.24) is 9.21 Å². The molecule has 1 unspecified atom stereocenters. The minimum absolute atomic E-state index is 0. The monoisotopic (exact) mass is 421 g/mol. The van der Waals surface area contributed by atoms with Crippen molar-refractivity contribution < 1.29 is 13.2 Å². The fourth-order valence-electron chi connectivity index (χ4n) is 3.45. The summed E-state index contributed by atoms with van der Waals surface area (Å²) in [7, 11) is -3.49. The summed E-state index contributed by atoms with van der Waals surface area (Å²) in [6.45, 7) is 7.22. The van der Waals surface area contributed by atoms with Gasteiger partial charge in [-0.1, -0.05) is 13.8 Å². The van der Waals surface area contributed by atoms with Crippen LogP contribution >= 0.6 is 23.7 Å². The lowest BCUT2D eigenvalue weighted by Gasteiger charge is -2.28. The van der Waals surface area contributed by atoms with E-state index in [0.29, 0.717) is 43.5 Å². The number of sulfonamides is 1. The van der Waals surface area contributed by atoms with Gasteiger partial charge in [0.05, 0.1) is 4.88 Å². The van der Waals surface area contributed by atoms with E-state index in [0.717, 1.165) is 30.6 Å². The van der Waals surface area contributed by atoms with E-state index >= 15 is 0 Å². The van der Waals surface area contributed by atoms with Crippen LogP contribution in [0, 0.1) is 11.3 Å². The molecule has 1 aromatic rings. The van der Waals surface area contributed by atoms with Crippen LogP contribution in [0.15, 0.2) is 16.3 Å². The Bertz CT molecular complexity index is 744. The number of piperidine rings is 1. The van der Waals surface area contributed by atoms with Crippen molar-refractivity contribution >= 4 is 39.7 Å². The van der Waals surface area contributed by atoms with E-state index < -0.39 is 10.0 Å². The topological polar surface area (TPSA) is 83.7 Å². The summed E-state index contributed by atoms with van der Waals surface area (Å²) in [5.41, 5.74) is 5.77. The number of likely N-dealkylation sites (tertiary alicyclic amines) is 1. The van der Waals surface area contributed by atoms with Crippen molar-refractivity contribution in [3.8, 4) is 0 Å². The summed E-state index contributed by atoms with van der Waals surface area (Å²) in [6, 6.07) is 3.22. The molecule has 3 rings (SSSR count). The van der Waals surface area contributed by atoms with Gasteiger partial charge in [0.2, 0.25) is 0 Å². The Morgan fingerprint density at radius 1 is 1.31 bits per heavy atom. The number of nitrogens with two attached hydrogens (primary N) is 1. The van der Waals surface area contributed by atoms with E-state index in [-0.39, 0.29) is 27.9 Å². The number of hydrogen-bond donors (Lipinski definition) is 1. The first-order chi connectivity index (χ1) is 11.7. The van der Waals surface area contributed by atoms with Gasteiger partial charge in [0.25, 0.3) is 15.9 Å². The van der Waals surface area contributed by atoms with Gasteiger partial charge in [0, 0.05) is 26.2 Å². The molecule has 26 heavy (non-hydrogen) atoms. The third-order valence-corrected chi connectivity index (χ3v) is 8.91. The average molecular weight is 422 g/mol. The van der Waals surface area contributed by atoms with Crippen molar-refractivity contribution in [3.05, 3.63) is 17.0 Å². The van der Waals surface area contributed by atoms with Crippen LogP contribution < -0.4 is 5.73 Å². The number of hydrogen-bond acceptors (Lipinski definition) is 5. The number of carbonyl (C=O) groups excluding carboxylic acids is 1. The number of thiophene rings is 1. The van der Waals surface area contributed by atoms with Crippen molar-refractivity contribution in [2.75, 3.05) is 32.7 Å². The number of amides is 1. The average Bonchev–Trinajstić information content (AvgIpc) is 3.23. The number of rotatable bonds is 4. The van der Waals surface area contributed by atoms with E-state index in [1.807, 2.05) is 0 Å². The lowest BCUT2D eigenvalue weighted by atomic mass is 9.90. The van der Waals surface area contributed by atoms with E-state index in [4.69, 9.17) is 5.73 Å². The van der Waals surface area contributed by atoms with E-state index in [2.05, 4.69) is 13.8 Å². The van der Waals surface area contributed by atoms with Crippen LogP contribution in [0.5, 0.6) is 0 Å². The first kappa shape index (κ1) is 21.6. The molecule has 0 bridgehead atoms. The van der Waals surface area contributed by atoms with E-state index in [9.17, 15) is 13.2 Å². The summed E-state index contributed by atoms with van der Waals surface area (Å²) >= 11 is 1.08. The molecule has 0 radical (unpaired) electrons. The predicted molar refractivity (Wildman–Crippen MR) is 106 cm³/mol. The maximum Gasteiger partial charge on any atom is 0.263 e. The Morgan fingerprint density at radius 2 is 1.96 bits per heavy atom. The third-order valence-electron chi connectivity index (χ3n) is 5.47. The quantitative estimate of drug-likeness (QED) is 0.808. The minimum Gasteiger partial charge on any atom is -0.337 e. The zero-order valence-electron chi connectivity index (χ0n) is 15.3. The second kappa shape index (κ2) is 8.14. The Hall–Kier alpha value is -0.670. The van der Waals surface area contributed by atoms with Crippen LogP contribution in [-0.4, -0.2) is 56.3 Å². The summed E-state index contributed by atoms with van der Waals surface area (Å²) in [6.07, 6.45) is 2.67. The van der Waals surface area contributed by atoms with Crippen LogP contribution in [0.4, 0.5) is 0 Å². The lowest BCUT2D eigenvalue weighted by molar-refractivity contribution is 0.0781. The Labute approximate surface area is 166 Å². The number of carbonyl (C=O) groups is 1. The Kier molecular flexibility index (Phi) is 6.77. The Morgan fingerprint density at radius 3 is 2.54 bits per heavy atom. The van der Waals surface area contributed by atoms with Crippen LogP contribution in [-0.2, 0) is 10.0 Å². The molecule has 148 valence electrons. The molecule has 2 aliphatic heterocycles. The molecular weight excluding hydrogens is 394 g/mol. The number of halogens is 1. The van der Waals surface area contributed by atoms with Gasteiger partial charge in [-0.05, 0) is 49.3 Å². The van der Waals surface area contributed by atoms with Gasteiger partial charge in [0.15, 0.2) is 0 Å². The highest BCUT2D eigenvalue weighted by Crippen LogP contribution is 2.32. The van der Waals surface area contributed by atoms with Gasteiger partial charge in [0.1, 0.15) is 4.21 Å². The molecule has 0 aromatic carbocycles. The normalized spacial score (nSPS) is 25.3. The highest BCUT2D eigenvalue weighted by molar-refractivity contribution is 7.91. The highest BCUT2D eigenvalue weighted by atomic mass is 35.5. The molecule has 1 amide bonds. The molecule has 0 spiro atoms. The molecule has 9 heteroatoms. The number of nitrogens with zero attached hydrogens (tertiary/aromatic N) is 2. The maximum absolute atomic E-state index is 12.8. The highest BCUT2D eigenvalue weighted by Gasteiger charge is 2.36. The summed E-state index contributed by atoms with van der Waals surface area (Å²) < 4.78 is 27.4. The van der Waals surface area contributed by atoms with Gasteiger partial charge in [-0.25, -0.2) is 8.42 Å². The minimum atomic E-state index is -3.49. The van der Waals surface area contributed by atoms with Gasteiger partial charge in [-0.15, -0.1) is 23.7 Å². The smallest absolute Gasteiger partial charge is 0.263 e. The molecule has 1 atom stereocenters. The van der Waals surface area contributed by atoms with Gasteiger partial charge >= 0.3 is 0 Å². The van der Waals surface area contributed by atoms with Crippen LogP contribution in [0.2, 0.25) is 0 Å². The first-order valence-corrected chi connectivity index (χ1v) is 11.1. The zero-order valence-corrected chi connectivity index (χ0v) is 17.8. The van der Waals surface area contributed by atoms with Crippen molar-refractivity contribution in [1.29, 1.82) is 0 Å². The zero-order chi connectivity index (χ0) is 18.2. The summed E-state index contributed by atoms with van der Waals surface area (Å²) in [5, 5.41) is 0. The van der Waals surface area contributed by atoms with Crippen LogP contribution in [0.25, 0.3) is 0 Å². The van der Waals surface area contributed by atoms with Crippen molar-refractivity contribution in [2.24, 2.45) is 17.1 Å². The lowest BCUT2D eigenvalue weighted by Crippen LogP contribution is -2.37. The standard InChI is InChI=1S/C17H27N3O3S2.ClH/c1-13-5-8-20(9-6-13)25(22,23)15-4-3-14(24-15)16(21)19-10-7-17(2,11-18)12-19;/h3-4,13H,5-12,18H2,1-2H3;1H. The van der Waals surface area contributed by atoms with Crippen molar-refractivity contribution in [3.63, 3.8) is 0 Å². The van der Waals surface area contributed by atoms with Crippen LogP contribution in [0.3, 0.4) is 0 Å². The third kappa shape index (κ3) is 4.25. The first-order valence-electron chi connectivity index (χ1n) is 8.84. The summed E-state index contributed by atoms with van der Waals surface area (Å²) in [5.74, 6) is 0.481. The molecule has 2 saturated heterocycles. The molecule has 0 saturated carbocycles. The van der Waals surface area contributed by atoms with E-state index in [1.165, 1.54) is 0 Å². The van der Waals surface area contributed by atoms with Gasteiger partial charge in [-0.2, -0.15) is 4.31 Å². The molecule has 1 aromatic heterocycles. The summed E-state index contributed by atoms with van der Waals surface area (Å²) in [4.78, 5) is 15.0. The molecule has 2 aliphatic rings. The fourth-order valence-corrected chi connectivity index (χ4v) is 6.34. The molecule has 3 heterocycles. The predicted octanol–water partition coefficient (Wildman–Crippen LogP) is 2.40. The van der Waals surface area contributed by atoms with Crippen molar-refractivity contribution in [2.45, 2.75) is 37.3 Å². The second-order valence-electron chi connectivity index (χ2n) is 7.70. The van der Waals surface area contributed by atoms with E-state index in [1.54, 1.807) is 21.3 Å². The molecule has 2 N–H and O–H groups in total. The molecule has 2 fully saturated rings. The second-order valence-corrected chi connectivity index (χ2v) is 10.9. The largest absolute Gasteiger partial charge is 0.337 e.